The van der Waals surface area contributed by atoms with E-state index in [1.54, 1.807) is 6.33 Å². The van der Waals surface area contributed by atoms with Crippen LogP contribution in [0.15, 0.2) is 30.6 Å². The van der Waals surface area contributed by atoms with Crippen LogP contribution in [0.2, 0.25) is 5.02 Å². The average molecular weight is 277 g/mol. The van der Waals surface area contributed by atoms with Gasteiger partial charge in [-0.3, -0.25) is 0 Å². The first-order valence-electron chi connectivity index (χ1n) is 6.13. The van der Waals surface area contributed by atoms with Crippen LogP contribution in [0.4, 0.5) is 11.6 Å². The van der Waals surface area contributed by atoms with Crippen molar-refractivity contribution in [2.45, 2.75) is 19.9 Å². The van der Waals surface area contributed by atoms with Gasteiger partial charge in [0.25, 0.3) is 0 Å². The number of nitrogens with one attached hydrogen (secondary N) is 2. The Bertz CT molecular complexity index is 554. The van der Waals surface area contributed by atoms with Crippen molar-refractivity contribution in [3.05, 3.63) is 46.7 Å². The molecule has 19 heavy (non-hydrogen) atoms. The second kappa shape index (κ2) is 5.89. The zero-order valence-corrected chi connectivity index (χ0v) is 12.0. The molecule has 1 aromatic carbocycles. The zero-order chi connectivity index (χ0) is 13.8. The second-order valence-corrected chi connectivity index (χ2v) is 4.80. The molecule has 0 bridgehead atoms. The highest BCUT2D eigenvalue weighted by Crippen LogP contribution is 2.23. The van der Waals surface area contributed by atoms with Crippen molar-refractivity contribution in [3.8, 4) is 0 Å². The van der Waals surface area contributed by atoms with Gasteiger partial charge in [-0.05, 0) is 31.5 Å². The highest BCUT2D eigenvalue weighted by atomic mass is 35.5. The number of rotatable bonds is 4. The van der Waals surface area contributed by atoms with Crippen molar-refractivity contribution in [3.63, 3.8) is 0 Å². The van der Waals surface area contributed by atoms with Gasteiger partial charge < -0.3 is 10.6 Å². The Kier molecular flexibility index (Phi) is 4.22. The number of anilines is 2. The van der Waals surface area contributed by atoms with Gasteiger partial charge in [-0.15, -0.1) is 0 Å². The van der Waals surface area contributed by atoms with Crippen LogP contribution in [0.5, 0.6) is 0 Å². The minimum atomic E-state index is 0.149. The molecule has 1 atom stereocenters. The molecule has 5 heteroatoms. The Labute approximate surface area is 118 Å². The average Bonchev–Trinajstić information content (AvgIpc) is 2.42. The zero-order valence-electron chi connectivity index (χ0n) is 11.2. The lowest BCUT2D eigenvalue weighted by molar-refractivity contribution is 0.868. The summed E-state index contributed by atoms with van der Waals surface area (Å²) in [6.45, 7) is 4.08. The predicted molar refractivity (Wildman–Crippen MR) is 79.8 cm³/mol. The predicted octanol–water partition coefficient (Wildman–Crippen LogP) is 3.65. The first-order valence-corrected chi connectivity index (χ1v) is 6.51. The van der Waals surface area contributed by atoms with Gasteiger partial charge in [0, 0.05) is 23.7 Å². The van der Waals surface area contributed by atoms with Crippen LogP contribution < -0.4 is 10.6 Å². The molecular formula is C14H17ClN4. The molecule has 2 N–H and O–H groups in total. The van der Waals surface area contributed by atoms with Gasteiger partial charge in [0.2, 0.25) is 0 Å². The van der Waals surface area contributed by atoms with E-state index in [1.165, 1.54) is 0 Å². The van der Waals surface area contributed by atoms with E-state index in [0.29, 0.717) is 0 Å². The molecule has 1 heterocycles. The maximum absolute atomic E-state index is 5.89. The van der Waals surface area contributed by atoms with Gasteiger partial charge in [0.1, 0.15) is 18.0 Å². The summed E-state index contributed by atoms with van der Waals surface area (Å²) in [5, 5.41) is 7.18. The molecule has 0 aliphatic carbocycles. The van der Waals surface area contributed by atoms with E-state index in [2.05, 4.69) is 27.5 Å². The molecule has 2 aromatic rings. The van der Waals surface area contributed by atoms with Crippen LogP contribution in [-0.4, -0.2) is 17.0 Å². The molecule has 0 aliphatic heterocycles. The lowest BCUT2D eigenvalue weighted by Gasteiger charge is -2.17. The first-order chi connectivity index (χ1) is 9.11. The Morgan fingerprint density at radius 2 is 1.74 bits per heavy atom. The Morgan fingerprint density at radius 3 is 2.37 bits per heavy atom. The number of hydrogen-bond donors (Lipinski definition) is 2. The molecular weight excluding hydrogens is 260 g/mol. The fourth-order valence-corrected chi connectivity index (χ4v) is 2.01. The summed E-state index contributed by atoms with van der Waals surface area (Å²) in [5.74, 6) is 1.67. The van der Waals surface area contributed by atoms with Crippen LogP contribution in [0.25, 0.3) is 0 Å². The van der Waals surface area contributed by atoms with Crippen molar-refractivity contribution >= 4 is 23.2 Å². The Morgan fingerprint density at radius 1 is 1.11 bits per heavy atom. The number of benzene rings is 1. The summed E-state index contributed by atoms with van der Waals surface area (Å²) in [4.78, 5) is 8.45. The van der Waals surface area contributed by atoms with E-state index in [9.17, 15) is 0 Å². The monoisotopic (exact) mass is 276 g/mol. The summed E-state index contributed by atoms with van der Waals surface area (Å²) >= 11 is 5.89. The Balaban J connectivity index is 2.19. The van der Waals surface area contributed by atoms with Crippen molar-refractivity contribution in [1.82, 2.24) is 9.97 Å². The fraction of sp³-hybridized carbons (Fsp3) is 0.286. The van der Waals surface area contributed by atoms with Gasteiger partial charge in [-0.2, -0.15) is 0 Å². The molecule has 1 aromatic heterocycles. The van der Waals surface area contributed by atoms with E-state index in [4.69, 9.17) is 11.6 Å². The van der Waals surface area contributed by atoms with E-state index in [0.717, 1.165) is 27.8 Å². The second-order valence-electron chi connectivity index (χ2n) is 4.36. The number of aromatic nitrogens is 2. The third kappa shape index (κ3) is 3.15. The smallest absolute Gasteiger partial charge is 0.134 e. The molecule has 4 nitrogen and oxygen atoms in total. The number of hydrogen-bond acceptors (Lipinski definition) is 4. The summed E-state index contributed by atoms with van der Waals surface area (Å²) in [5.41, 5.74) is 2.17. The summed E-state index contributed by atoms with van der Waals surface area (Å²) in [6.07, 6.45) is 1.55. The van der Waals surface area contributed by atoms with Crippen molar-refractivity contribution in [2.24, 2.45) is 0 Å². The fourth-order valence-electron chi connectivity index (χ4n) is 1.89. The third-order valence-electron chi connectivity index (χ3n) is 3.04. The number of nitrogens with zero attached hydrogens (tertiary/aromatic N) is 2. The Hall–Kier alpha value is -1.81. The van der Waals surface area contributed by atoms with Gasteiger partial charge in [0.15, 0.2) is 0 Å². The minimum absolute atomic E-state index is 0.149. The maximum atomic E-state index is 5.89. The molecule has 100 valence electrons. The van der Waals surface area contributed by atoms with Crippen molar-refractivity contribution in [1.29, 1.82) is 0 Å². The lowest BCUT2D eigenvalue weighted by atomic mass is 10.1. The standard InChI is InChI=1S/C14H17ClN4/c1-9-13(16-3)17-8-18-14(9)19-10(2)11-4-6-12(15)7-5-11/h4-8,10H,1-3H3,(H2,16,17,18,19). The maximum Gasteiger partial charge on any atom is 0.134 e. The molecule has 0 saturated heterocycles. The van der Waals surface area contributed by atoms with E-state index < -0.39 is 0 Å². The molecule has 0 fully saturated rings. The van der Waals surface area contributed by atoms with Crippen LogP contribution >= 0.6 is 11.6 Å². The quantitative estimate of drug-likeness (QED) is 0.895. The summed E-state index contributed by atoms with van der Waals surface area (Å²) < 4.78 is 0. The van der Waals surface area contributed by atoms with Crippen LogP contribution in [0.3, 0.4) is 0 Å². The van der Waals surface area contributed by atoms with Gasteiger partial charge in [-0.25, -0.2) is 9.97 Å². The van der Waals surface area contributed by atoms with E-state index in [-0.39, 0.29) is 6.04 Å². The van der Waals surface area contributed by atoms with Crippen LogP contribution in [0, 0.1) is 6.92 Å². The molecule has 0 amide bonds. The SMILES string of the molecule is CNc1ncnc(NC(C)c2ccc(Cl)cc2)c1C. The normalized spacial score (nSPS) is 12.0. The third-order valence-corrected chi connectivity index (χ3v) is 3.30. The molecule has 0 saturated carbocycles. The van der Waals surface area contributed by atoms with E-state index >= 15 is 0 Å². The summed E-state index contributed by atoms with van der Waals surface area (Å²) in [7, 11) is 1.85. The van der Waals surface area contributed by atoms with Gasteiger partial charge in [0.05, 0.1) is 0 Å². The first kappa shape index (κ1) is 13.6. The largest absolute Gasteiger partial charge is 0.373 e. The number of halogens is 1. The molecule has 0 spiro atoms. The van der Waals surface area contributed by atoms with Gasteiger partial charge >= 0.3 is 0 Å². The van der Waals surface area contributed by atoms with Crippen LogP contribution in [0.1, 0.15) is 24.1 Å². The molecule has 0 radical (unpaired) electrons. The molecule has 0 aliphatic rings. The van der Waals surface area contributed by atoms with Crippen molar-refractivity contribution < 1.29 is 0 Å². The summed E-state index contributed by atoms with van der Waals surface area (Å²) in [6, 6.07) is 7.95. The highest BCUT2D eigenvalue weighted by Gasteiger charge is 2.10. The minimum Gasteiger partial charge on any atom is -0.373 e. The van der Waals surface area contributed by atoms with Crippen LogP contribution in [-0.2, 0) is 0 Å². The topological polar surface area (TPSA) is 49.8 Å². The lowest BCUT2D eigenvalue weighted by Crippen LogP contribution is -2.10. The van der Waals surface area contributed by atoms with Crippen molar-refractivity contribution in [2.75, 3.05) is 17.7 Å². The molecule has 1 unspecified atom stereocenters. The van der Waals surface area contributed by atoms with Gasteiger partial charge in [-0.1, -0.05) is 23.7 Å². The molecule has 2 rings (SSSR count). The van der Waals surface area contributed by atoms with E-state index in [1.807, 2.05) is 38.2 Å². The highest BCUT2D eigenvalue weighted by molar-refractivity contribution is 6.30.